The lowest BCUT2D eigenvalue weighted by Crippen LogP contribution is -2.51. The quantitative estimate of drug-likeness (QED) is 0.484. The van der Waals surface area contributed by atoms with Crippen molar-refractivity contribution in [3.05, 3.63) is 35.9 Å². The zero-order valence-corrected chi connectivity index (χ0v) is 15.5. The van der Waals surface area contributed by atoms with Crippen molar-refractivity contribution in [1.29, 1.82) is 0 Å². The molecule has 1 aromatic rings. The van der Waals surface area contributed by atoms with Crippen molar-refractivity contribution in [3.63, 3.8) is 0 Å². The molecule has 8 nitrogen and oxygen atoms in total. The van der Waals surface area contributed by atoms with Gasteiger partial charge in [0, 0.05) is 20.4 Å². The summed E-state index contributed by atoms with van der Waals surface area (Å²) in [5.41, 5.74) is 6.59. The highest BCUT2D eigenvalue weighted by molar-refractivity contribution is 6.00. The van der Waals surface area contributed by atoms with Crippen LogP contribution >= 0.6 is 0 Å². The number of benzene rings is 1. The van der Waals surface area contributed by atoms with Crippen LogP contribution in [0.2, 0.25) is 0 Å². The highest BCUT2D eigenvalue weighted by Gasteiger charge is 2.27. The molecule has 0 unspecified atom stereocenters. The van der Waals surface area contributed by atoms with Gasteiger partial charge in [0.15, 0.2) is 12.0 Å². The molecule has 0 radical (unpaired) electrons. The summed E-state index contributed by atoms with van der Waals surface area (Å²) >= 11 is 0. The normalized spacial score (nSPS) is 13.8. The van der Waals surface area contributed by atoms with Crippen LogP contribution in [0.25, 0.3) is 0 Å². The molecule has 0 spiro atoms. The van der Waals surface area contributed by atoms with Crippen molar-refractivity contribution in [2.45, 2.75) is 39.3 Å². The molecule has 0 heterocycles. The number of aliphatic carboxylic acids is 1. The van der Waals surface area contributed by atoms with Gasteiger partial charge >= 0.3 is 5.97 Å². The molecule has 0 aliphatic rings. The Bertz CT molecular complexity index is 673. The molecule has 0 aliphatic carbocycles. The van der Waals surface area contributed by atoms with Gasteiger partial charge in [-0.15, -0.1) is 0 Å². The molecule has 1 aromatic carbocycles. The first-order valence-corrected chi connectivity index (χ1v) is 8.27. The van der Waals surface area contributed by atoms with Crippen molar-refractivity contribution in [1.82, 2.24) is 10.2 Å². The Labute approximate surface area is 153 Å². The lowest BCUT2D eigenvalue weighted by atomic mass is 10.0. The van der Waals surface area contributed by atoms with Gasteiger partial charge in [-0.2, -0.15) is 0 Å². The number of carboxylic acid groups (broad SMARTS) is 1. The Morgan fingerprint density at radius 1 is 1.23 bits per heavy atom. The fourth-order valence-corrected chi connectivity index (χ4v) is 2.34. The van der Waals surface area contributed by atoms with Gasteiger partial charge in [0.25, 0.3) is 0 Å². The third kappa shape index (κ3) is 6.19. The summed E-state index contributed by atoms with van der Waals surface area (Å²) in [4.78, 5) is 40.7. The van der Waals surface area contributed by atoms with E-state index in [0.29, 0.717) is 6.42 Å². The minimum absolute atomic E-state index is 0.276. The van der Waals surface area contributed by atoms with Crippen LogP contribution in [-0.4, -0.2) is 52.9 Å². The maximum atomic E-state index is 12.6. The zero-order chi connectivity index (χ0) is 19.9. The van der Waals surface area contributed by atoms with E-state index < -0.39 is 24.0 Å². The van der Waals surface area contributed by atoms with Gasteiger partial charge in [0.2, 0.25) is 11.8 Å². The molecule has 0 fully saturated rings. The summed E-state index contributed by atoms with van der Waals surface area (Å²) < 4.78 is 0. The van der Waals surface area contributed by atoms with Gasteiger partial charge < -0.3 is 15.7 Å². The Morgan fingerprint density at radius 2 is 1.81 bits per heavy atom. The predicted molar refractivity (Wildman–Crippen MR) is 98.4 cm³/mol. The van der Waals surface area contributed by atoms with Crippen LogP contribution in [0.1, 0.15) is 26.3 Å². The number of likely N-dealkylation sites (N-methyl/N-ethyl adjacent to an activating group) is 1. The van der Waals surface area contributed by atoms with Gasteiger partial charge in [0.1, 0.15) is 6.04 Å². The van der Waals surface area contributed by atoms with E-state index in [1.165, 1.54) is 18.9 Å². The van der Waals surface area contributed by atoms with Crippen molar-refractivity contribution in [3.8, 4) is 0 Å². The molecule has 2 amide bonds. The SMILES string of the molecule is CC(=O)N(C)[C@@H](Cc1ccccc1)C(=O)NC(N)=N[C@H](C(=O)O)C(C)C. The lowest BCUT2D eigenvalue weighted by molar-refractivity contribution is -0.139. The monoisotopic (exact) mass is 362 g/mol. The van der Waals surface area contributed by atoms with Crippen LogP contribution < -0.4 is 11.1 Å². The summed E-state index contributed by atoms with van der Waals surface area (Å²) in [6, 6.07) is 7.38. The minimum atomic E-state index is -1.13. The lowest BCUT2D eigenvalue weighted by Gasteiger charge is -2.26. The Hall–Kier alpha value is -2.90. The summed E-state index contributed by atoms with van der Waals surface area (Å²) in [5.74, 6) is -2.50. The van der Waals surface area contributed by atoms with Gasteiger partial charge in [-0.05, 0) is 11.5 Å². The first kappa shape index (κ1) is 21.1. The molecule has 0 bridgehead atoms. The van der Waals surface area contributed by atoms with E-state index in [2.05, 4.69) is 10.3 Å². The van der Waals surface area contributed by atoms with Crippen LogP contribution in [-0.2, 0) is 20.8 Å². The minimum Gasteiger partial charge on any atom is -0.480 e. The van der Waals surface area contributed by atoms with E-state index in [9.17, 15) is 14.4 Å². The fraction of sp³-hybridized carbons (Fsp3) is 0.444. The van der Waals surface area contributed by atoms with E-state index in [4.69, 9.17) is 10.8 Å². The number of carboxylic acids is 1. The second kappa shape index (κ2) is 9.55. The van der Waals surface area contributed by atoms with Crippen LogP contribution in [0.3, 0.4) is 0 Å². The molecule has 142 valence electrons. The van der Waals surface area contributed by atoms with Crippen LogP contribution in [0.5, 0.6) is 0 Å². The number of carbonyl (C=O) groups excluding carboxylic acids is 2. The van der Waals surface area contributed by atoms with Gasteiger partial charge in [0.05, 0.1) is 0 Å². The summed E-state index contributed by atoms with van der Waals surface area (Å²) in [6.45, 7) is 4.75. The van der Waals surface area contributed by atoms with Gasteiger partial charge in [-0.1, -0.05) is 44.2 Å². The predicted octanol–water partition coefficient (Wildman–Crippen LogP) is 0.616. The molecule has 4 N–H and O–H groups in total. The molecule has 2 atom stereocenters. The van der Waals surface area contributed by atoms with Crippen LogP contribution in [0.4, 0.5) is 0 Å². The molecule has 0 aliphatic heterocycles. The van der Waals surface area contributed by atoms with Crippen molar-refractivity contribution in [2.75, 3.05) is 7.05 Å². The van der Waals surface area contributed by atoms with E-state index in [1.807, 2.05) is 30.3 Å². The van der Waals surface area contributed by atoms with Crippen molar-refractivity contribution < 1.29 is 19.5 Å². The number of rotatable bonds is 7. The van der Waals surface area contributed by atoms with E-state index in [-0.39, 0.29) is 17.8 Å². The summed E-state index contributed by atoms with van der Waals surface area (Å²) in [5, 5.41) is 11.6. The first-order valence-electron chi connectivity index (χ1n) is 8.27. The maximum absolute atomic E-state index is 12.6. The number of amides is 2. The number of nitrogens with one attached hydrogen (secondary N) is 1. The van der Waals surface area contributed by atoms with Gasteiger partial charge in [-0.25, -0.2) is 9.79 Å². The average molecular weight is 362 g/mol. The van der Waals surface area contributed by atoms with E-state index in [1.54, 1.807) is 13.8 Å². The molecule has 0 aromatic heterocycles. The number of aliphatic imine (C=N–C) groups is 1. The standard InChI is InChI=1S/C18H26N4O4/c1-11(2)15(17(25)26)20-18(19)21-16(24)14(22(4)12(3)23)10-13-8-6-5-7-9-13/h5-9,11,14-15H,10H2,1-4H3,(H,25,26)(H3,19,20,21,24)/t14-,15-/m0/s1. The molecule has 26 heavy (non-hydrogen) atoms. The second-order valence-electron chi connectivity index (χ2n) is 6.37. The summed E-state index contributed by atoms with van der Waals surface area (Å²) in [6.07, 6.45) is 0.294. The van der Waals surface area contributed by atoms with Crippen LogP contribution in [0.15, 0.2) is 35.3 Å². The second-order valence-corrected chi connectivity index (χ2v) is 6.37. The van der Waals surface area contributed by atoms with Gasteiger partial charge in [-0.3, -0.25) is 14.9 Å². The molecular weight excluding hydrogens is 336 g/mol. The third-order valence-corrected chi connectivity index (χ3v) is 3.95. The third-order valence-electron chi connectivity index (χ3n) is 3.95. The van der Waals surface area contributed by atoms with E-state index >= 15 is 0 Å². The largest absolute Gasteiger partial charge is 0.480 e. The summed E-state index contributed by atoms with van der Waals surface area (Å²) in [7, 11) is 1.52. The van der Waals surface area contributed by atoms with Crippen LogP contribution in [0, 0.1) is 5.92 Å². The first-order chi connectivity index (χ1) is 12.1. The number of guanidine groups is 1. The molecule has 0 saturated carbocycles. The number of carbonyl (C=O) groups is 3. The maximum Gasteiger partial charge on any atom is 0.328 e. The molecular formula is C18H26N4O4. The fourth-order valence-electron chi connectivity index (χ4n) is 2.34. The molecule has 8 heteroatoms. The topological polar surface area (TPSA) is 125 Å². The number of nitrogens with two attached hydrogens (primary N) is 1. The Balaban J connectivity index is 2.97. The number of nitrogens with zero attached hydrogens (tertiary/aromatic N) is 2. The smallest absolute Gasteiger partial charge is 0.328 e. The number of hydrogen-bond acceptors (Lipinski definition) is 4. The van der Waals surface area contributed by atoms with Crippen molar-refractivity contribution >= 4 is 23.7 Å². The highest BCUT2D eigenvalue weighted by Crippen LogP contribution is 2.09. The Morgan fingerprint density at radius 3 is 2.27 bits per heavy atom. The van der Waals surface area contributed by atoms with E-state index in [0.717, 1.165) is 5.56 Å². The van der Waals surface area contributed by atoms with Crippen molar-refractivity contribution in [2.24, 2.45) is 16.6 Å². The Kier molecular flexibility index (Phi) is 7.77. The zero-order valence-electron chi connectivity index (χ0n) is 15.5. The molecule has 0 saturated heterocycles. The average Bonchev–Trinajstić information content (AvgIpc) is 2.57. The number of hydrogen-bond donors (Lipinski definition) is 3. The molecule has 1 rings (SSSR count). The highest BCUT2D eigenvalue weighted by atomic mass is 16.4.